The Morgan fingerprint density at radius 3 is 2.30 bits per heavy atom. The van der Waals surface area contributed by atoms with E-state index in [0.717, 1.165) is 5.56 Å². The van der Waals surface area contributed by atoms with Crippen molar-refractivity contribution in [3.63, 3.8) is 0 Å². The van der Waals surface area contributed by atoms with Gasteiger partial charge in [0.15, 0.2) is 0 Å². The average Bonchev–Trinajstić information content (AvgIpc) is 2.64. The number of nitrogens with one attached hydrogen (secondary N) is 2. The van der Waals surface area contributed by atoms with E-state index in [2.05, 4.69) is 10.6 Å². The molecule has 1 aromatic carbocycles. The van der Waals surface area contributed by atoms with Crippen LogP contribution in [-0.2, 0) is 20.9 Å². The van der Waals surface area contributed by atoms with Crippen molar-refractivity contribution in [1.82, 2.24) is 10.6 Å². The quantitative estimate of drug-likeness (QED) is 0.601. The average molecular weight is 374 g/mol. The summed E-state index contributed by atoms with van der Waals surface area (Å²) in [5, 5.41) is 13.9. The van der Waals surface area contributed by atoms with Crippen molar-refractivity contribution < 1.29 is 19.1 Å². The van der Waals surface area contributed by atoms with E-state index in [1.807, 2.05) is 36.4 Å². The monoisotopic (exact) mass is 374 g/mol. The summed E-state index contributed by atoms with van der Waals surface area (Å²) in [5.74, 6) is -2.00. The van der Waals surface area contributed by atoms with Crippen LogP contribution in [0.1, 0.15) is 32.8 Å². The van der Waals surface area contributed by atoms with Gasteiger partial charge in [-0.2, -0.15) is 5.26 Å². The zero-order valence-corrected chi connectivity index (χ0v) is 15.8. The van der Waals surface area contributed by atoms with Crippen LogP contribution in [0.4, 0.5) is 4.79 Å². The van der Waals surface area contributed by atoms with Gasteiger partial charge < -0.3 is 21.1 Å². The molecule has 1 aromatic rings. The number of nitrogens with two attached hydrogens (primary N) is 1. The number of carbonyl (C=O) groups is 3. The van der Waals surface area contributed by atoms with E-state index < -0.39 is 35.9 Å². The van der Waals surface area contributed by atoms with Crippen LogP contribution in [0.2, 0.25) is 0 Å². The van der Waals surface area contributed by atoms with Gasteiger partial charge in [-0.25, -0.2) is 4.79 Å². The third-order valence-electron chi connectivity index (χ3n) is 3.90. The molecule has 0 aliphatic carbocycles. The summed E-state index contributed by atoms with van der Waals surface area (Å²) < 4.78 is 5.13. The minimum atomic E-state index is -0.990. The van der Waals surface area contributed by atoms with Crippen LogP contribution in [0.15, 0.2) is 30.3 Å². The number of hydrogen-bond acceptors (Lipinski definition) is 5. The van der Waals surface area contributed by atoms with Crippen LogP contribution in [0.3, 0.4) is 0 Å². The lowest BCUT2D eigenvalue weighted by Gasteiger charge is -2.24. The van der Waals surface area contributed by atoms with E-state index in [1.165, 1.54) is 0 Å². The molecule has 4 N–H and O–H groups in total. The molecule has 0 radical (unpaired) electrons. The van der Waals surface area contributed by atoms with Crippen molar-refractivity contribution in [3.05, 3.63) is 35.9 Å². The molecular formula is C19H26N4O4. The molecule has 0 saturated carbocycles. The number of nitriles is 1. The maximum absolute atomic E-state index is 12.5. The lowest BCUT2D eigenvalue weighted by molar-refractivity contribution is -0.129. The summed E-state index contributed by atoms with van der Waals surface area (Å²) in [6, 6.07) is 9.22. The van der Waals surface area contributed by atoms with E-state index in [1.54, 1.807) is 20.8 Å². The Morgan fingerprint density at radius 1 is 1.15 bits per heavy atom. The number of nitrogens with zero attached hydrogens (tertiary/aromatic N) is 1. The number of benzene rings is 1. The molecule has 0 bridgehead atoms. The molecule has 8 nitrogen and oxygen atoms in total. The molecule has 146 valence electrons. The SMILES string of the molecule is CC(C)[C@@H](NC(=O)OCc1ccccc1)C(=O)N[C@@H](C[C@@H](C)C#N)C(N)=O. The number of alkyl carbamates (subject to hydrolysis) is 1. The number of carbonyl (C=O) groups excluding carboxylic acids is 3. The highest BCUT2D eigenvalue weighted by atomic mass is 16.5. The molecule has 0 unspecified atom stereocenters. The van der Waals surface area contributed by atoms with E-state index in [9.17, 15) is 14.4 Å². The number of rotatable bonds is 9. The van der Waals surface area contributed by atoms with E-state index >= 15 is 0 Å². The number of hydrogen-bond donors (Lipinski definition) is 3. The Morgan fingerprint density at radius 2 is 1.78 bits per heavy atom. The van der Waals surface area contributed by atoms with Crippen molar-refractivity contribution in [2.24, 2.45) is 17.6 Å². The second kappa shape index (κ2) is 10.8. The molecule has 0 fully saturated rings. The zero-order chi connectivity index (χ0) is 20.4. The van der Waals surface area contributed by atoms with E-state index in [4.69, 9.17) is 15.7 Å². The van der Waals surface area contributed by atoms with Crippen LogP contribution < -0.4 is 16.4 Å². The summed E-state index contributed by atoms with van der Waals surface area (Å²) in [5.41, 5.74) is 6.12. The maximum Gasteiger partial charge on any atom is 0.408 e. The van der Waals surface area contributed by atoms with Gasteiger partial charge in [0.25, 0.3) is 0 Å². The number of amides is 3. The highest BCUT2D eigenvalue weighted by Gasteiger charge is 2.29. The lowest BCUT2D eigenvalue weighted by Crippen LogP contribution is -2.55. The fourth-order valence-electron chi connectivity index (χ4n) is 2.34. The third kappa shape index (κ3) is 7.77. The summed E-state index contributed by atoms with van der Waals surface area (Å²) in [4.78, 5) is 36.1. The van der Waals surface area contributed by atoms with Gasteiger partial charge in [-0.1, -0.05) is 44.2 Å². The first kappa shape index (κ1) is 22.0. The molecule has 0 heterocycles. The lowest BCUT2D eigenvalue weighted by atomic mass is 10.00. The van der Waals surface area contributed by atoms with Gasteiger partial charge in [-0.3, -0.25) is 9.59 Å². The van der Waals surface area contributed by atoms with Gasteiger partial charge in [0.1, 0.15) is 18.7 Å². The standard InChI is InChI=1S/C19H26N4O4/c1-12(2)16(18(25)22-15(17(21)24)9-13(3)10-20)23-19(26)27-11-14-7-5-4-6-8-14/h4-8,12-13,15-16H,9,11H2,1-3H3,(H2,21,24)(H,22,25)(H,23,26)/t13-,15+,16-/m1/s1. The van der Waals surface area contributed by atoms with E-state index in [-0.39, 0.29) is 18.9 Å². The first-order valence-electron chi connectivity index (χ1n) is 8.71. The van der Waals surface area contributed by atoms with Crippen LogP contribution in [0.5, 0.6) is 0 Å². The molecule has 0 aliphatic heterocycles. The second-order valence-corrected chi connectivity index (χ2v) is 6.66. The van der Waals surface area contributed by atoms with Gasteiger partial charge in [0.05, 0.1) is 6.07 Å². The smallest absolute Gasteiger partial charge is 0.408 e. The Hall–Kier alpha value is -3.08. The summed E-state index contributed by atoms with van der Waals surface area (Å²) in [7, 11) is 0. The third-order valence-corrected chi connectivity index (χ3v) is 3.90. The minimum Gasteiger partial charge on any atom is -0.445 e. The van der Waals surface area contributed by atoms with Crippen molar-refractivity contribution in [3.8, 4) is 6.07 Å². The molecule has 0 spiro atoms. The molecule has 0 aliphatic rings. The predicted octanol–water partition coefficient (Wildman–Crippen LogP) is 1.46. The predicted molar refractivity (Wildman–Crippen MR) is 98.9 cm³/mol. The van der Waals surface area contributed by atoms with Gasteiger partial charge in [0, 0.05) is 5.92 Å². The van der Waals surface area contributed by atoms with Crippen molar-refractivity contribution in [1.29, 1.82) is 5.26 Å². The largest absolute Gasteiger partial charge is 0.445 e. The fourth-order valence-corrected chi connectivity index (χ4v) is 2.34. The molecule has 8 heteroatoms. The van der Waals surface area contributed by atoms with Gasteiger partial charge in [-0.15, -0.1) is 0 Å². The number of primary amides is 1. The van der Waals surface area contributed by atoms with Gasteiger partial charge in [-0.05, 0) is 24.8 Å². The molecule has 27 heavy (non-hydrogen) atoms. The van der Waals surface area contributed by atoms with Crippen LogP contribution in [0, 0.1) is 23.2 Å². The van der Waals surface area contributed by atoms with E-state index in [0.29, 0.717) is 0 Å². The van der Waals surface area contributed by atoms with Gasteiger partial charge >= 0.3 is 6.09 Å². The second-order valence-electron chi connectivity index (χ2n) is 6.66. The molecule has 3 atom stereocenters. The first-order chi connectivity index (χ1) is 12.7. The van der Waals surface area contributed by atoms with Crippen LogP contribution in [-0.4, -0.2) is 30.0 Å². The maximum atomic E-state index is 12.5. The Labute approximate surface area is 159 Å². The van der Waals surface area contributed by atoms with Crippen molar-refractivity contribution >= 4 is 17.9 Å². The molecular weight excluding hydrogens is 348 g/mol. The highest BCUT2D eigenvalue weighted by molar-refractivity contribution is 5.90. The fraction of sp³-hybridized carbons (Fsp3) is 0.474. The first-order valence-corrected chi connectivity index (χ1v) is 8.71. The Balaban J connectivity index is 2.67. The van der Waals surface area contributed by atoms with Crippen molar-refractivity contribution in [2.75, 3.05) is 0 Å². The van der Waals surface area contributed by atoms with Gasteiger partial charge in [0.2, 0.25) is 11.8 Å². The molecule has 0 saturated heterocycles. The van der Waals surface area contributed by atoms with Crippen LogP contribution >= 0.6 is 0 Å². The molecule has 3 amide bonds. The topological polar surface area (TPSA) is 134 Å². The summed E-state index contributed by atoms with van der Waals surface area (Å²) >= 11 is 0. The van der Waals surface area contributed by atoms with Crippen LogP contribution in [0.25, 0.3) is 0 Å². The van der Waals surface area contributed by atoms with Crippen molar-refractivity contribution in [2.45, 2.75) is 45.9 Å². The summed E-state index contributed by atoms with van der Waals surface area (Å²) in [6.45, 7) is 5.20. The zero-order valence-electron chi connectivity index (χ0n) is 15.8. The minimum absolute atomic E-state index is 0.0721. The molecule has 1 rings (SSSR count). The molecule has 0 aromatic heterocycles. The summed E-state index contributed by atoms with van der Waals surface area (Å²) in [6.07, 6.45) is -0.644. The highest BCUT2D eigenvalue weighted by Crippen LogP contribution is 2.08. The number of ether oxygens (including phenoxy) is 1. The normalized spacial score (nSPS) is 13.7. The Bertz CT molecular complexity index is 685. The Kier molecular flexibility index (Phi) is 8.79.